The molecular weight excluding hydrogens is 223 g/mol. The van der Waals surface area contributed by atoms with Crippen LogP contribution in [0.15, 0.2) is 24.4 Å². The summed E-state index contributed by atoms with van der Waals surface area (Å²) in [6.45, 7) is 0.287. The summed E-state index contributed by atoms with van der Waals surface area (Å²) in [5.41, 5.74) is 1.18. The first-order valence-corrected chi connectivity index (χ1v) is 5.40. The number of hydrogen-bond donors (Lipinski definition) is 4. The number of benzene rings is 1. The molecule has 2 unspecified atom stereocenters. The van der Waals surface area contributed by atoms with Crippen molar-refractivity contribution in [1.29, 1.82) is 0 Å². The molecule has 0 aliphatic heterocycles. The van der Waals surface area contributed by atoms with Crippen molar-refractivity contribution >= 4 is 10.9 Å². The largest absolute Gasteiger partial charge is 0.389 e. The summed E-state index contributed by atoms with van der Waals surface area (Å²) in [6.07, 6.45) is -0.307. The van der Waals surface area contributed by atoms with Gasteiger partial charge in [-0.2, -0.15) is 0 Å². The molecule has 0 saturated heterocycles. The highest BCUT2D eigenvalue weighted by Gasteiger charge is 2.20. The molecule has 92 valence electrons. The van der Waals surface area contributed by atoms with E-state index >= 15 is 0 Å². The van der Waals surface area contributed by atoms with Crippen LogP contribution in [0.1, 0.15) is 11.7 Å². The number of H-pyrrole nitrogens is 1. The number of aliphatic hydroxyl groups is 2. The lowest BCUT2D eigenvalue weighted by molar-refractivity contribution is 0.0211. The first-order valence-electron chi connectivity index (χ1n) is 5.40. The Morgan fingerprint density at radius 2 is 2.18 bits per heavy atom. The van der Waals surface area contributed by atoms with Crippen LogP contribution in [0, 0.1) is 5.82 Å². The molecule has 2 aromatic rings. The Morgan fingerprint density at radius 3 is 2.88 bits per heavy atom. The number of aromatic amines is 1. The number of fused-ring (bicyclic) bond motifs is 1. The number of aliphatic hydroxyl groups excluding tert-OH is 2. The zero-order valence-corrected chi connectivity index (χ0v) is 9.44. The second kappa shape index (κ2) is 4.83. The second-order valence-electron chi connectivity index (χ2n) is 4.00. The summed E-state index contributed by atoms with van der Waals surface area (Å²) in [6, 6.07) is 4.28. The van der Waals surface area contributed by atoms with Crippen LogP contribution >= 0.6 is 0 Å². The first kappa shape index (κ1) is 12.0. The van der Waals surface area contributed by atoms with Crippen LogP contribution in [0.4, 0.5) is 4.39 Å². The van der Waals surface area contributed by atoms with Gasteiger partial charge >= 0.3 is 0 Å². The third-order valence-corrected chi connectivity index (χ3v) is 2.77. The van der Waals surface area contributed by atoms with Gasteiger partial charge in [0.15, 0.2) is 0 Å². The number of hydrogen-bond acceptors (Lipinski definition) is 3. The molecule has 0 fully saturated rings. The molecule has 2 atom stereocenters. The molecule has 4 nitrogen and oxygen atoms in total. The van der Waals surface area contributed by atoms with Crippen molar-refractivity contribution in [3.63, 3.8) is 0 Å². The van der Waals surface area contributed by atoms with Gasteiger partial charge in [0.05, 0.1) is 6.10 Å². The van der Waals surface area contributed by atoms with E-state index in [1.807, 2.05) is 0 Å². The van der Waals surface area contributed by atoms with Crippen LogP contribution in [-0.4, -0.2) is 34.9 Å². The minimum atomic E-state index is -0.998. The van der Waals surface area contributed by atoms with E-state index in [4.69, 9.17) is 0 Å². The van der Waals surface area contributed by atoms with Crippen molar-refractivity contribution in [3.05, 3.63) is 35.8 Å². The topological polar surface area (TPSA) is 68.3 Å². The zero-order chi connectivity index (χ0) is 12.4. The summed E-state index contributed by atoms with van der Waals surface area (Å²) < 4.78 is 13.0. The van der Waals surface area contributed by atoms with Gasteiger partial charge in [0.1, 0.15) is 11.9 Å². The number of halogens is 1. The van der Waals surface area contributed by atoms with E-state index in [0.29, 0.717) is 16.5 Å². The third kappa shape index (κ3) is 2.31. The molecule has 0 bridgehead atoms. The Morgan fingerprint density at radius 1 is 1.41 bits per heavy atom. The Labute approximate surface area is 98.1 Å². The fourth-order valence-electron chi connectivity index (χ4n) is 1.89. The number of likely N-dealkylation sites (N-methyl/N-ethyl adjacent to an activating group) is 1. The smallest absolute Gasteiger partial charge is 0.125 e. The lowest BCUT2D eigenvalue weighted by atomic mass is 10.0. The summed E-state index contributed by atoms with van der Waals surface area (Å²) >= 11 is 0. The maximum Gasteiger partial charge on any atom is 0.125 e. The molecule has 4 N–H and O–H groups in total. The van der Waals surface area contributed by atoms with Crippen molar-refractivity contribution in [1.82, 2.24) is 10.3 Å². The minimum Gasteiger partial charge on any atom is -0.389 e. The van der Waals surface area contributed by atoms with Gasteiger partial charge in [-0.25, -0.2) is 4.39 Å². The fraction of sp³-hybridized carbons (Fsp3) is 0.333. The molecule has 5 heteroatoms. The maximum absolute atomic E-state index is 13.0. The van der Waals surface area contributed by atoms with Crippen molar-refractivity contribution in [3.8, 4) is 0 Å². The molecule has 0 aliphatic carbocycles. The molecule has 0 amide bonds. The summed E-state index contributed by atoms with van der Waals surface area (Å²) in [4.78, 5) is 2.88. The molecule has 1 aromatic heterocycles. The molecule has 17 heavy (non-hydrogen) atoms. The number of aromatic nitrogens is 1. The Bertz CT molecular complexity index is 512. The number of nitrogens with one attached hydrogen (secondary N) is 2. The van der Waals surface area contributed by atoms with E-state index in [1.165, 1.54) is 12.1 Å². The van der Waals surface area contributed by atoms with E-state index in [1.54, 1.807) is 19.3 Å². The lowest BCUT2D eigenvalue weighted by Crippen LogP contribution is -2.29. The standard InChI is InChI=1S/C12H15FN2O2/c1-14-6-11(16)12(17)9-5-15-10-4-7(13)2-3-8(9)10/h2-5,11-12,14-17H,6H2,1H3. The van der Waals surface area contributed by atoms with Gasteiger partial charge in [0.25, 0.3) is 0 Å². The molecule has 0 spiro atoms. The van der Waals surface area contributed by atoms with E-state index in [2.05, 4.69) is 10.3 Å². The van der Waals surface area contributed by atoms with Gasteiger partial charge in [-0.05, 0) is 25.2 Å². The minimum absolute atomic E-state index is 0.287. The molecule has 0 radical (unpaired) electrons. The van der Waals surface area contributed by atoms with Crippen LogP contribution in [-0.2, 0) is 0 Å². The van der Waals surface area contributed by atoms with E-state index in [-0.39, 0.29) is 12.4 Å². The monoisotopic (exact) mass is 238 g/mol. The van der Waals surface area contributed by atoms with Crippen LogP contribution in [0.5, 0.6) is 0 Å². The summed E-state index contributed by atoms with van der Waals surface area (Å²) in [5, 5.41) is 23.2. The SMILES string of the molecule is CNCC(O)C(O)c1c[nH]c2cc(F)ccc12. The third-order valence-electron chi connectivity index (χ3n) is 2.77. The van der Waals surface area contributed by atoms with Crippen LogP contribution < -0.4 is 5.32 Å². The molecular formula is C12H15FN2O2. The Hall–Kier alpha value is -1.43. The summed E-state index contributed by atoms with van der Waals surface area (Å²) in [5.74, 6) is -0.337. The summed E-state index contributed by atoms with van der Waals surface area (Å²) in [7, 11) is 1.69. The Kier molecular flexibility index (Phi) is 3.42. The molecule has 0 aliphatic rings. The van der Waals surface area contributed by atoms with Gasteiger partial charge in [0, 0.05) is 29.2 Å². The van der Waals surface area contributed by atoms with Crippen molar-refractivity contribution in [2.24, 2.45) is 0 Å². The van der Waals surface area contributed by atoms with Crippen LogP contribution in [0.25, 0.3) is 10.9 Å². The fourth-order valence-corrected chi connectivity index (χ4v) is 1.89. The molecule has 0 saturated carbocycles. The quantitative estimate of drug-likeness (QED) is 0.640. The predicted octanol–water partition coefficient (Wildman–Crippen LogP) is 0.921. The maximum atomic E-state index is 13.0. The second-order valence-corrected chi connectivity index (χ2v) is 4.00. The van der Waals surface area contributed by atoms with Crippen molar-refractivity contribution in [2.75, 3.05) is 13.6 Å². The van der Waals surface area contributed by atoms with Gasteiger partial charge in [-0.15, -0.1) is 0 Å². The van der Waals surface area contributed by atoms with E-state index in [0.717, 1.165) is 0 Å². The van der Waals surface area contributed by atoms with E-state index in [9.17, 15) is 14.6 Å². The van der Waals surface area contributed by atoms with Crippen LogP contribution in [0.3, 0.4) is 0 Å². The van der Waals surface area contributed by atoms with E-state index < -0.39 is 12.2 Å². The van der Waals surface area contributed by atoms with Crippen molar-refractivity contribution in [2.45, 2.75) is 12.2 Å². The van der Waals surface area contributed by atoms with Gasteiger partial charge in [-0.1, -0.05) is 0 Å². The first-order chi connectivity index (χ1) is 8.13. The highest BCUT2D eigenvalue weighted by molar-refractivity contribution is 5.83. The molecule has 2 rings (SSSR count). The van der Waals surface area contributed by atoms with Crippen LogP contribution in [0.2, 0.25) is 0 Å². The Balaban J connectivity index is 2.35. The number of rotatable bonds is 4. The van der Waals surface area contributed by atoms with Gasteiger partial charge in [0.2, 0.25) is 0 Å². The highest BCUT2D eigenvalue weighted by atomic mass is 19.1. The molecule has 1 aromatic carbocycles. The average Bonchev–Trinajstić information content (AvgIpc) is 2.71. The van der Waals surface area contributed by atoms with Crippen molar-refractivity contribution < 1.29 is 14.6 Å². The predicted molar refractivity (Wildman–Crippen MR) is 63.2 cm³/mol. The van der Waals surface area contributed by atoms with Gasteiger partial charge in [-0.3, -0.25) is 0 Å². The lowest BCUT2D eigenvalue weighted by Gasteiger charge is -2.16. The molecule has 1 heterocycles. The highest BCUT2D eigenvalue weighted by Crippen LogP contribution is 2.26. The zero-order valence-electron chi connectivity index (χ0n) is 9.44. The van der Waals surface area contributed by atoms with Gasteiger partial charge < -0.3 is 20.5 Å². The normalized spacial score (nSPS) is 15.1. The average molecular weight is 238 g/mol.